The smallest absolute Gasteiger partial charge is 0.123 e. The van der Waals surface area contributed by atoms with Crippen LogP contribution in [-0.4, -0.2) is 21.6 Å². The molecule has 7 nitrogen and oxygen atoms in total. The zero-order valence-corrected chi connectivity index (χ0v) is 20.6. The van der Waals surface area contributed by atoms with Crippen molar-refractivity contribution in [3.8, 4) is 6.07 Å². The second kappa shape index (κ2) is 8.84. The highest BCUT2D eigenvalue weighted by molar-refractivity contribution is 6.35. The topological polar surface area (TPSA) is 88.0 Å². The van der Waals surface area contributed by atoms with E-state index in [4.69, 9.17) is 11.6 Å². The molecule has 0 unspecified atom stereocenters. The predicted molar refractivity (Wildman–Crippen MR) is 139 cm³/mol. The lowest BCUT2D eigenvalue weighted by atomic mass is 9.78. The number of pyridine rings is 1. The zero-order chi connectivity index (χ0) is 25.8. The molecule has 0 spiro atoms. The molecule has 2 heterocycles. The number of fused-ring (bicyclic) bond motifs is 1. The number of benzene rings is 2. The average molecular weight is 505 g/mol. The lowest BCUT2D eigenvalue weighted by molar-refractivity contribution is 0.260. The van der Waals surface area contributed by atoms with Crippen LogP contribution >= 0.6 is 11.6 Å². The Hall–Kier alpha value is -3.54. The molecule has 0 saturated heterocycles. The first kappa shape index (κ1) is 21.7. The van der Waals surface area contributed by atoms with Crippen molar-refractivity contribution in [3.05, 3.63) is 76.5 Å². The van der Waals surface area contributed by atoms with Gasteiger partial charge in [0.1, 0.15) is 11.9 Å². The van der Waals surface area contributed by atoms with Crippen molar-refractivity contribution < 1.29 is 5.76 Å². The SMILES string of the molecule is [2H][C@](Nc1cc(Cl)c2ncc(C#N)c(NC3(C)CCC3)c2c1)(C1=CN(C2CC2)NN1)c1ccc(F)cc1. The maximum Gasteiger partial charge on any atom is 0.123 e. The van der Waals surface area contributed by atoms with Gasteiger partial charge in [-0.15, -0.1) is 5.53 Å². The third-order valence-corrected chi connectivity index (χ3v) is 7.42. The van der Waals surface area contributed by atoms with Crippen molar-refractivity contribution in [2.24, 2.45) is 0 Å². The van der Waals surface area contributed by atoms with Crippen LogP contribution in [0.15, 0.2) is 54.5 Å². The van der Waals surface area contributed by atoms with Gasteiger partial charge in [0.05, 0.1) is 34.9 Å². The Labute approximate surface area is 215 Å². The molecule has 1 aromatic heterocycles. The number of nitrogens with zero attached hydrogens (tertiary/aromatic N) is 3. The first-order valence-corrected chi connectivity index (χ1v) is 12.5. The molecule has 0 amide bonds. The van der Waals surface area contributed by atoms with E-state index in [-0.39, 0.29) is 11.4 Å². The molecule has 4 N–H and O–H groups in total. The number of hydrazine groups is 2. The van der Waals surface area contributed by atoms with Crippen LogP contribution in [0.3, 0.4) is 0 Å². The van der Waals surface area contributed by atoms with Gasteiger partial charge in [0.25, 0.3) is 0 Å². The highest BCUT2D eigenvalue weighted by Crippen LogP contribution is 2.40. The number of halogens is 2. The van der Waals surface area contributed by atoms with Crippen molar-refractivity contribution in [2.45, 2.75) is 56.6 Å². The lowest BCUT2D eigenvalue weighted by Gasteiger charge is -2.40. The molecule has 3 aliphatic rings. The van der Waals surface area contributed by atoms with E-state index < -0.39 is 6.02 Å². The Bertz CT molecular complexity index is 1450. The predicted octanol–water partition coefficient (Wildman–Crippen LogP) is 5.74. The summed E-state index contributed by atoms with van der Waals surface area (Å²) in [4.78, 5) is 4.45. The highest BCUT2D eigenvalue weighted by atomic mass is 35.5. The molecule has 36 heavy (non-hydrogen) atoms. The highest BCUT2D eigenvalue weighted by Gasteiger charge is 2.34. The van der Waals surface area contributed by atoms with Crippen LogP contribution in [-0.2, 0) is 0 Å². The van der Waals surface area contributed by atoms with E-state index in [2.05, 4.69) is 39.6 Å². The summed E-state index contributed by atoms with van der Waals surface area (Å²) in [5.74, 6) is -0.374. The van der Waals surface area contributed by atoms with E-state index in [1.165, 1.54) is 12.1 Å². The quantitative estimate of drug-likeness (QED) is 0.326. The van der Waals surface area contributed by atoms with Crippen LogP contribution in [0, 0.1) is 17.1 Å². The van der Waals surface area contributed by atoms with Gasteiger partial charge < -0.3 is 16.1 Å². The summed E-state index contributed by atoms with van der Waals surface area (Å²) in [6, 6.07) is 10.6. The van der Waals surface area contributed by atoms with Gasteiger partial charge in [-0.05, 0) is 68.9 Å². The second-order valence-electron chi connectivity index (χ2n) is 9.98. The van der Waals surface area contributed by atoms with Crippen molar-refractivity contribution in [1.82, 2.24) is 21.0 Å². The zero-order valence-electron chi connectivity index (χ0n) is 20.8. The second-order valence-corrected chi connectivity index (χ2v) is 10.4. The molecule has 6 rings (SSSR count). The monoisotopic (exact) mass is 504 g/mol. The Morgan fingerprint density at radius 2 is 2.08 bits per heavy atom. The van der Waals surface area contributed by atoms with Crippen molar-refractivity contribution >= 4 is 33.9 Å². The molecule has 0 bridgehead atoms. The molecule has 2 aromatic carbocycles. The number of rotatable bonds is 7. The van der Waals surface area contributed by atoms with E-state index in [0.29, 0.717) is 50.2 Å². The fourth-order valence-corrected chi connectivity index (χ4v) is 5.01. The van der Waals surface area contributed by atoms with Crippen molar-refractivity contribution in [3.63, 3.8) is 0 Å². The Kier molecular flexibility index (Phi) is 5.33. The normalized spacial score (nSPS) is 20.4. The molecule has 3 aromatic rings. The molecule has 1 aliphatic heterocycles. The molecule has 184 valence electrons. The summed E-state index contributed by atoms with van der Waals surface area (Å²) in [5, 5.41) is 19.8. The molecule has 2 fully saturated rings. The molecule has 2 aliphatic carbocycles. The maximum absolute atomic E-state index is 13.8. The largest absolute Gasteiger partial charge is 0.378 e. The van der Waals surface area contributed by atoms with Gasteiger partial charge in [-0.2, -0.15) is 5.26 Å². The molecule has 1 atom stereocenters. The van der Waals surface area contributed by atoms with Crippen LogP contribution in [0.25, 0.3) is 10.9 Å². The van der Waals surface area contributed by atoms with E-state index in [9.17, 15) is 11.0 Å². The van der Waals surface area contributed by atoms with E-state index in [1.807, 2.05) is 17.3 Å². The fraction of sp³-hybridized carbons (Fsp3) is 0.333. The first-order chi connectivity index (χ1) is 17.8. The van der Waals surface area contributed by atoms with Gasteiger partial charge in [-0.3, -0.25) is 9.99 Å². The molecule has 0 radical (unpaired) electrons. The van der Waals surface area contributed by atoms with Gasteiger partial charge in [0, 0.05) is 35.1 Å². The number of hydrogen-bond donors (Lipinski definition) is 4. The average Bonchev–Trinajstić information content (AvgIpc) is 3.59. The Balaban J connectivity index is 1.45. The molecule has 9 heteroatoms. The van der Waals surface area contributed by atoms with Gasteiger partial charge in [0.2, 0.25) is 0 Å². The van der Waals surface area contributed by atoms with Crippen molar-refractivity contribution in [1.29, 1.82) is 5.26 Å². The van der Waals surface area contributed by atoms with Crippen LogP contribution in [0.2, 0.25) is 5.02 Å². The summed E-state index contributed by atoms with van der Waals surface area (Å²) in [6.07, 6.45) is 8.74. The van der Waals surface area contributed by atoms with Gasteiger partial charge in [-0.1, -0.05) is 23.7 Å². The standard InChI is InChI=1S/C27H27ClFN7/c1-27(9-2-10-27)33-24-17(13-30)14-31-26-21(24)11-19(12-22(26)28)32-25(16-3-5-18(29)6-4-16)23-15-36(35-34-23)20-7-8-20/h3-6,11-12,14-15,20,25,32,34-35H,2,7-10H2,1H3,(H,31,33)/t25-/m1/s1/i25D. The van der Waals surface area contributed by atoms with Gasteiger partial charge in [0.15, 0.2) is 0 Å². The summed E-state index contributed by atoms with van der Waals surface area (Å²) in [6.45, 7) is 2.15. The lowest BCUT2D eigenvalue weighted by Crippen LogP contribution is -2.41. The molecular formula is C27H27ClFN7. The number of nitrogens with one attached hydrogen (secondary N) is 4. The number of nitriles is 1. The number of hydrogen-bond acceptors (Lipinski definition) is 7. The summed E-state index contributed by atoms with van der Waals surface area (Å²) in [7, 11) is 0. The minimum atomic E-state index is -1.49. The minimum absolute atomic E-state index is 0.0976. The Morgan fingerprint density at radius 1 is 1.31 bits per heavy atom. The fourth-order valence-electron chi connectivity index (χ4n) is 4.75. The van der Waals surface area contributed by atoms with E-state index >= 15 is 0 Å². The van der Waals surface area contributed by atoms with Gasteiger partial charge in [-0.25, -0.2) is 4.39 Å². The summed E-state index contributed by atoms with van der Waals surface area (Å²) >= 11 is 6.70. The third-order valence-electron chi connectivity index (χ3n) is 7.13. The van der Waals surface area contributed by atoms with Crippen LogP contribution in [0.1, 0.15) is 57.5 Å². The summed E-state index contributed by atoms with van der Waals surface area (Å²) < 4.78 is 23.3. The van der Waals surface area contributed by atoms with Crippen LogP contribution in [0.4, 0.5) is 15.8 Å². The summed E-state index contributed by atoms with van der Waals surface area (Å²) in [5.41, 5.74) is 9.54. The minimum Gasteiger partial charge on any atom is -0.378 e. The van der Waals surface area contributed by atoms with Crippen LogP contribution < -0.4 is 21.6 Å². The third kappa shape index (κ3) is 4.29. The maximum atomic E-state index is 13.8. The first-order valence-electron chi connectivity index (χ1n) is 12.7. The van der Waals surface area contributed by atoms with E-state index in [1.54, 1.807) is 24.4 Å². The number of aromatic nitrogens is 1. The Morgan fingerprint density at radius 3 is 2.75 bits per heavy atom. The van der Waals surface area contributed by atoms with E-state index in [0.717, 1.165) is 32.1 Å². The number of anilines is 2. The molecule has 2 saturated carbocycles. The van der Waals surface area contributed by atoms with Gasteiger partial charge >= 0.3 is 0 Å². The molecular weight excluding hydrogens is 477 g/mol. The van der Waals surface area contributed by atoms with Crippen molar-refractivity contribution in [2.75, 3.05) is 10.6 Å². The van der Waals surface area contributed by atoms with Crippen LogP contribution in [0.5, 0.6) is 0 Å².